The average Bonchev–Trinajstić information content (AvgIpc) is 2.90. The van der Waals surface area contributed by atoms with Crippen molar-refractivity contribution in [2.45, 2.75) is 25.4 Å². The molecule has 0 bridgehead atoms. The lowest BCUT2D eigenvalue weighted by atomic mass is 9.93. The quantitative estimate of drug-likeness (QED) is 0.311. The molecule has 1 N–H and O–H groups in total. The number of hydrogen-bond donors (Lipinski definition) is 1. The molecular formula is C28H31NO6. The fourth-order valence-electron chi connectivity index (χ4n) is 4.18. The Balaban J connectivity index is 2.14. The standard InChI is InChI=1S/C28H31NO6/c1-7-17-12-21-19(14-25(17)32-3)11-20(22-15-26(33-4)18(8-2)13-23(21)22)16-29-24(28(31)35-6)9-10-27(30)34-5/h7-8,11-15,24,29H,1-2,9-10,16H2,3-6H3. The molecule has 0 aromatic heterocycles. The van der Waals surface area contributed by atoms with Crippen LogP contribution in [0.5, 0.6) is 11.5 Å². The van der Waals surface area contributed by atoms with Crippen LogP contribution in [0.1, 0.15) is 29.5 Å². The lowest BCUT2D eigenvalue weighted by Crippen LogP contribution is -2.37. The molecule has 0 saturated heterocycles. The van der Waals surface area contributed by atoms with Crippen molar-refractivity contribution >= 4 is 45.6 Å². The summed E-state index contributed by atoms with van der Waals surface area (Å²) in [6.45, 7) is 8.19. The van der Waals surface area contributed by atoms with Gasteiger partial charge < -0.3 is 24.3 Å². The summed E-state index contributed by atoms with van der Waals surface area (Å²) in [5, 5.41) is 7.22. The summed E-state index contributed by atoms with van der Waals surface area (Å²) >= 11 is 0. The van der Waals surface area contributed by atoms with Gasteiger partial charge in [0.1, 0.15) is 17.5 Å². The number of methoxy groups -OCH3 is 4. The molecular weight excluding hydrogens is 446 g/mol. The Bertz CT molecular complexity index is 1280. The van der Waals surface area contributed by atoms with Crippen LogP contribution in [0, 0.1) is 0 Å². The third-order valence-electron chi connectivity index (χ3n) is 6.07. The Hall–Kier alpha value is -3.84. The minimum absolute atomic E-state index is 0.0970. The Morgan fingerprint density at radius 3 is 2.06 bits per heavy atom. The van der Waals surface area contributed by atoms with Gasteiger partial charge in [-0.25, -0.2) is 0 Å². The summed E-state index contributed by atoms with van der Waals surface area (Å²) in [4.78, 5) is 24.0. The molecule has 184 valence electrons. The van der Waals surface area contributed by atoms with Crippen molar-refractivity contribution in [3.05, 3.63) is 60.2 Å². The lowest BCUT2D eigenvalue weighted by molar-refractivity contribution is -0.144. The largest absolute Gasteiger partial charge is 0.496 e. The van der Waals surface area contributed by atoms with Gasteiger partial charge in [-0.2, -0.15) is 0 Å². The number of ether oxygens (including phenoxy) is 4. The van der Waals surface area contributed by atoms with E-state index in [0.717, 1.165) is 38.2 Å². The fraction of sp³-hybridized carbons (Fsp3) is 0.286. The Labute approximate surface area is 205 Å². The summed E-state index contributed by atoms with van der Waals surface area (Å²) in [7, 11) is 5.89. The summed E-state index contributed by atoms with van der Waals surface area (Å²) in [5.41, 5.74) is 2.70. The zero-order chi connectivity index (χ0) is 25.5. The number of nitrogens with one attached hydrogen (secondary N) is 1. The highest BCUT2D eigenvalue weighted by atomic mass is 16.5. The molecule has 3 rings (SSSR count). The van der Waals surface area contributed by atoms with Gasteiger partial charge in [-0.3, -0.25) is 9.59 Å². The number of fused-ring (bicyclic) bond motifs is 3. The molecule has 0 fully saturated rings. The molecule has 35 heavy (non-hydrogen) atoms. The zero-order valence-corrected chi connectivity index (χ0v) is 20.6. The average molecular weight is 478 g/mol. The van der Waals surface area contributed by atoms with Crippen LogP contribution in [0.4, 0.5) is 0 Å². The topological polar surface area (TPSA) is 83.1 Å². The van der Waals surface area contributed by atoms with Crippen LogP contribution in [-0.2, 0) is 25.6 Å². The Kier molecular flexibility index (Phi) is 8.49. The summed E-state index contributed by atoms with van der Waals surface area (Å²) in [6, 6.07) is 9.43. The fourth-order valence-corrected chi connectivity index (χ4v) is 4.18. The van der Waals surface area contributed by atoms with Crippen molar-refractivity contribution in [3.8, 4) is 11.5 Å². The van der Waals surface area contributed by atoms with E-state index in [0.29, 0.717) is 18.0 Å². The minimum atomic E-state index is -0.670. The summed E-state index contributed by atoms with van der Waals surface area (Å²) in [5.74, 6) is 0.584. The molecule has 0 aliphatic rings. The van der Waals surface area contributed by atoms with E-state index >= 15 is 0 Å². The molecule has 0 amide bonds. The molecule has 0 radical (unpaired) electrons. The van der Waals surface area contributed by atoms with Crippen molar-refractivity contribution < 1.29 is 28.5 Å². The predicted octanol–water partition coefficient (Wildman–Crippen LogP) is 4.88. The van der Waals surface area contributed by atoms with Gasteiger partial charge in [0.2, 0.25) is 0 Å². The minimum Gasteiger partial charge on any atom is -0.496 e. The number of hydrogen-bond acceptors (Lipinski definition) is 7. The molecule has 0 aliphatic heterocycles. The van der Waals surface area contributed by atoms with Crippen molar-refractivity contribution in [1.82, 2.24) is 5.32 Å². The van der Waals surface area contributed by atoms with Crippen LogP contribution in [0.3, 0.4) is 0 Å². The molecule has 0 heterocycles. The molecule has 1 atom stereocenters. The maximum Gasteiger partial charge on any atom is 0.322 e. The summed E-state index contributed by atoms with van der Waals surface area (Å²) in [6.07, 6.45) is 3.87. The van der Waals surface area contributed by atoms with E-state index in [-0.39, 0.29) is 18.8 Å². The van der Waals surface area contributed by atoms with E-state index < -0.39 is 12.0 Å². The number of benzene rings is 3. The normalized spacial score (nSPS) is 11.7. The third kappa shape index (κ3) is 5.46. The second-order valence-electron chi connectivity index (χ2n) is 7.97. The van der Waals surface area contributed by atoms with Gasteiger partial charge in [-0.1, -0.05) is 25.3 Å². The van der Waals surface area contributed by atoms with E-state index in [1.54, 1.807) is 26.4 Å². The van der Waals surface area contributed by atoms with Gasteiger partial charge in [0, 0.05) is 24.1 Å². The molecule has 3 aromatic carbocycles. The maximum atomic E-state index is 12.4. The van der Waals surface area contributed by atoms with Crippen LogP contribution >= 0.6 is 0 Å². The number of carbonyl (C=O) groups excluding carboxylic acids is 2. The molecule has 0 saturated carbocycles. The third-order valence-corrected chi connectivity index (χ3v) is 6.07. The highest BCUT2D eigenvalue weighted by Crippen LogP contribution is 2.37. The predicted molar refractivity (Wildman–Crippen MR) is 139 cm³/mol. The molecule has 1 unspecified atom stereocenters. The van der Waals surface area contributed by atoms with Gasteiger partial charge in [-0.15, -0.1) is 0 Å². The second-order valence-corrected chi connectivity index (χ2v) is 7.97. The van der Waals surface area contributed by atoms with Crippen LogP contribution in [-0.4, -0.2) is 46.4 Å². The van der Waals surface area contributed by atoms with Gasteiger partial charge in [0.25, 0.3) is 0 Å². The molecule has 7 nitrogen and oxygen atoms in total. The van der Waals surface area contributed by atoms with E-state index in [2.05, 4.69) is 24.5 Å². The molecule has 0 aliphatic carbocycles. The van der Waals surface area contributed by atoms with E-state index in [4.69, 9.17) is 18.9 Å². The van der Waals surface area contributed by atoms with Crippen LogP contribution in [0.2, 0.25) is 0 Å². The van der Waals surface area contributed by atoms with E-state index in [1.807, 2.05) is 24.3 Å². The highest BCUT2D eigenvalue weighted by Gasteiger charge is 2.21. The first-order chi connectivity index (χ1) is 16.9. The van der Waals surface area contributed by atoms with Crippen molar-refractivity contribution in [1.29, 1.82) is 0 Å². The van der Waals surface area contributed by atoms with Crippen LogP contribution in [0.15, 0.2) is 43.5 Å². The maximum absolute atomic E-state index is 12.4. The van der Waals surface area contributed by atoms with Crippen LogP contribution < -0.4 is 14.8 Å². The molecule has 0 spiro atoms. The highest BCUT2D eigenvalue weighted by molar-refractivity contribution is 6.11. The van der Waals surface area contributed by atoms with Gasteiger partial charge >= 0.3 is 11.9 Å². The van der Waals surface area contributed by atoms with Gasteiger partial charge in [0.15, 0.2) is 0 Å². The SMILES string of the molecule is C=Cc1cc2c(cc1OC)cc(CNC(CCC(=O)OC)C(=O)OC)c1cc(OC)c(C=C)cc12. The zero-order valence-electron chi connectivity index (χ0n) is 20.6. The Morgan fingerprint density at radius 1 is 0.857 bits per heavy atom. The van der Waals surface area contributed by atoms with E-state index in [9.17, 15) is 9.59 Å². The monoisotopic (exact) mass is 477 g/mol. The first kappa shape index (κ1) is 25.8. The Morgan fingerprint density at radius 2 is 1.49 bits per heavy atom. The number of esters is 2. The number of carbonyl (C=O) groups is 2. The number of rotatable bonds is 11. The first-order valence-corrected chi connectivity index (χ1v) is 11.2. The summed E-state index contributed by atoms with van der Waals surface area (Å²) < 4.78 is 20.8. The lowest BCUT2D eigenvalue weighted by Gasteiger charge is -2.19. The van der Waals surface area contributed by atoms with E-state index in [1.165, 1.54) is 14.2 Å². The van der Waals surface area contributed by atoms with Gasteiger partial charge in [-0.05, 0) is 63.9 Å². The van der Waals surface area contributed by atoms with Crippen molar-refractivity contribution in [2.24, 2.45) is 0 Å². The van der Waals surface area contributed by atoms with Crippen LogP contribution in [0.25, 0.3) is 33.7 Å². The van der Waals surface area contributed by atoms with Crippen molar-refractivity contribution in [3.63, 3.8) is 0 Å². The smallest absolute Gasteiger partial charge is 0.322 e. The first-order valence-electron chi connectivity index (χ1n) is 11.2. The second kappa shape index (κ2) is 11.5. The molecule has 3 aromatic rings. The molecule has 7 heteroatoms. The van der Waals surface area contributed by atoms with Gasteiger partial charge in [0.05, 0.1) is 28.4 Å². The van der Waals surface area contributed by atoms with Crippen molar-refractivity contribution in [2.75, 3.05) is 28.4 Å².